The van der Waals surface area contributed by atoms with Gasteiger partial charge >= 0.3 is 24.8 Å². The Morgan fingerprint density at radius 3 is 1.46 bits per heavy atom. The van der Waals surface area contributed by atoms with Crippen molar-refractivity contribution in [1.82, 2.24) is 0 Å². The first kappa shape index (κ1) is 29.5. The van der Waals surface area contributed by atoms with Gasteiger partial charge in [0, 0.05) is 14.2 Å². The van der Waals surface area contributed by atoms with E-state index >= 15 is 0 Å². The Morgan fingerprint density at radius 1 is 0.833 bits per heavy atom. The number of ether oxygens (including phenoxy) is 2. The van der Waals surface area contributed by atoms with Gasteiger partial charge in [0.2, 0.25) is 0 Å². The fourth-order valence-corrected chi connectivity index (χ4v) is 3.20. The second-order valence-corrected chi connectivity index (χ2v) is 7.23. The van der Waals surface area contributed by atoms with Crippen molar-refractivity contribution in [3.05, 3.63) is 36.4 Å². The van der Waals surface area contributed by atoms with Gasteiger partial charge in [0.05, 0.1) is 12.7 Å². The third-order valence-electron chi connectivity index (χ3n) is 2.51. The first-order valence-corrected chi connectivity index (χ1v) is 12.4. The van der Waals surface area contributed by atoms with Crippen LogP contribution in [0.4, 0.5) is 0 Å². The fourth-order valence-electron chi connectivity index (χ4n) is 1.29. The smallest absolute Gasteiger partial charge is 0.171 e. The second-order valence-electron chi connectivity index (χ2n) is 4.65. The van der Waals surface area contributed by atoms with Crippen LogP contribution in [0.5, 0.6) is 0 Å². The van der Waals surface area contributed by atoms with Crippen LogP contribution in [0, 0.1) is 6.07 Å². The summed E-state index contributed by atoms with van der Waals surface area (Å²) in [5, 5.41) is 0. The van der Waals surface area contributed by atoms with Gasteiger partial charge in [-0.1, -0.05) is 43.9 Å². The summed E-state index contributed by atoms with van der Waals surface area (Å²) in [6, 6.07) is 12.5. The molecule has 24 heavy (non-hydrogen) atoms. The summed E-state index contributed by atoms with van der Waals surface area (Å²) >= 11 is 3.35. The van der Waals surface area contributed by atoms with Crippen molar-refractivity contribution in [2.24, 2.45) is 0 Å². The van der Waals surface area contributed by atoms with Crippen LogP contribution < -0.4 is 0 Å². The van der Waals surface area contributed by atoms with Crippen molar-refractivity contribution in [2.75, 3.05) is 39.2 Å². The Bertz CT molecular complexity index is 220. The largest absolute Gasteiger partial charge is 0.184 e. The minimum Gasteiger partial charge on any atom is -0.184 e. The first-order chi connectivity index (χ1) is 11.8. The van der Waals surface area contributed by atoms with Gasteiger partial charge in [-0.05, 0) is 25.2 Å². The summed E-state index contributed by atoms with van der Waals surface area (Å²) in [6.07, 6.45) is 9.98. The molecule has 2 atom stereocenters. The van der Waals surface area contributed by atoms with E-state index in [0.717, 1.165) is 29.9 Å². The Kier molecular flexibility index (Phi) is 43.1. The molecule has 0 fully saturated rings. The van der Waals surface area contributed by atoms with E-state index in [4.69, 9.17) is 9.47 Å². The summed E-state index contributed by atoms with van der Waals surface area (Å²) in [7, 11) is 9.82. The van der Waals surface area contributed by atoms with Crippen LogP contribution in [0.1, 0.15) is 39.5 Å². The van der Waals surface area contributed by atoms with Crippen molar-refractivity contribution in [2.45, 2.75) is 39.5 Å². The number of methoxy groups -OCH3 is 2. The Morgan fingerprint density at radius 2 is 1.25 bits per heavy atom. The normalized spacial score (nSPS) is 9.79. The maximum Gasteiger partial charge on any atom is -0.171 e. The summed E-state index contributed by atoms with van der Waals surface area (Å²) in [5.41, 5.74) is 0. The average Bonchev–Trinajstić information content (AvgIpc) is 2.67. The van der Waals surface area contributed by atoms with Crippen LogP contribution in [0.2, 0.25) is 0 Å². The summed E-state index contributed by atoms with van der Waals surface area (Å²) in [6.45, 7) is 4.44. The van der Waals surface area contributed by atoms with E-state index in [1.807, 2.05) is 30.3 Å². The minimum atomic E-state index is 0.958. The molecular weight excluding hydrogens is 404 g/mol. The quantitative estimate of drug-likeness (QED) is 0.184. The van der Waals surface area contributed by atoms with E-state index in [1.54, 1.807) is 14.2 Å². The van der Waals surface area contributed by atoms with Crippen LogP contribution >= 0.6 is 27.4 Å². The molecule has 0 saturated carbocycles. The van der Waals surface area contributed by atoms with Gasteiger partial charge in [0.1, 0.15) is 0 Å². The van der Waals surface area contributed by atoms with Crippen LogP contribution in [0.15, 0.2) is 30.3 Å². The fraction of sp³-hybridized carbons (Fsp3) is 0.667. The molecule has 1 aromatic rings. The van der Waals surface area contributed by atoms with Crippen molar-refractivity contribution >= 4 is 27.4 Å². The van der Waals surface area contributed by atoms with Gasteiger partial charge in [-0.2, -0.15) is 36.4 Å². The minimum absolute atomic E-state index is 0.958. The maximum absolute atomic E-state index is 4.90. The SMILES string of the molecule is CCCCPCOC.CCCCPCOC.[Cl][Ni].[c-]1ccccc1. The third-order valence-corrected chi connectivity index (χ3v) is 4.91. The van der Waals surface area contributed by atoms with Gasteiger partial charge in [0.15, 0.2) is 0 Å². The van der Waals surface area contributed by atoms with E-state index in [-0.39, 0.29) is 0 Å². The zero-order chi connectivity index (χ0) is 18.7. The predicted molar refractivity (Wildman–Crippen MR) is 111 cm³/mol. The molecule has 0 saturated heterocycles. The molecule has 2 unspecified atom stereocenters. The van der Waals surface area contributed by atoms with Crippen molar-refractivity contribution in [3.63, 3.8) is 0 Å². The molecule has 0 N–H and O–H groups in total. The molecule has 0 heterocycles. The molecule has 1 rings (SSSR count). The van der Waals surface area contributed by atoms with E-state index < -0.39 is 0 Å². The predicted octanol–water partition coefficient (Wildman–Crippen LogP) is 6.31. The third kappa shape index (κ3) is 38.4. The van der Waals surface area contributed by atoms with Gasteiger partial charge in [-0.3, -0.25) is 0 Å². The number of hydrogen-bond donors (Lipinski definition) is 0. The molecule has 0 aromatic heterocycles. The number of benzene rings is 1. The van der Waals surface area contributed by atoms with Crippen molar-refractivity contribution in [3.8, 4) is 0 Å². The van der Waals surface area contributed by atoms with E-state index in [1.165, 1.54) is 38.0 Å². The number of halogens is 1. The summed E-state index contributed by atoms with van der Waals surface area (Å²) in [5.74, 6) is 0. The number of rotatable bonds is 10. The molecule has 6 heteroatoms. The first-order valence-electron chi connectivity index (χ1n) is 8.25. The monoisotopic (exact) mass is 438 g/mol. The summed E-state index contributed by atoms with van der Waals surface area (Å²) < 4.78 is 9.80. The Hall–Kier alpha value is 0.784. The van der Waals surface area contributed by atoms with E-state index in [2.05, 4.69) is 44.7 Å². The van der Waals surface area contributed by atoms with E-state index in [0.29, 0.717) is 0 Å². The van der Waals surface area contributed by atoms with Crippen molar-refractivity contribution in [1.29, 1.82) is 0 Å². The molecule has 0 spiro atoms. The van der Waals surface area contributed by atoms with Gasteiger partial charge < -0.3 is 9.47 Å². The second kappa shape index (κ2) is 35.0. The molecule has 2 nitrogen and oxygen atoms in total. The number of unbranched alkanes of at least 4 members (excludes halogenated alkanes) is 2. The van der Waals surface area contributed by atoms with Gasteiger partial charge in [-0.25, -0.2) is 0 Å². The van der Waals surface area contributed by atoms with Crippen LogP contribution in [0.3, 0.4) is 0 Å². The Balaban J connectivity index is -0.000000263. The standard InChI is InChI=1S/2C6H15OP.C6H5.ClH.Ni/c2*1-3-4-5-8-6-7-2;1-2-4-6-5-3-1;;/h2*8H,3-6H2,1-2H3;1-5H;1H;/q;;-1;;+1/p-1. The average molecular weight is 440 g/mol. The maximum atomic E-state index is 4.90. The van der Waals surface area contributed by atoms with Crippen LogP contribution in [-0.4, -0.2) is 39.2 Å². The molecular formula is C18H35ClNiO2P2-. The molecule has 0 aliphatic heterocycles. The zero-order valence-electron chi connectivity index (χ0n) is 15.6. The topological polar surface area (TPSA) is 18.5 Å². The molecule has 0 aliphatic carbocycles. The molecule has 0 aliphatic rings. The summed E-state index contributed by atoms with van der Waals surface area (Å²) in [4.78, 5) is 0. The van der Waals surface area contributed by atoms with Gasteiger partial charge in [0.25, 0.3) is 0 Å². The molecule has 0 bridgehead atoms. The molecule has 0 radical (unpaired) electrons. The van der Waals surface area contributed by atoms with Crippen LogP contribution in [-0.2, 0) is 24.0 Å². The number of hydrogen-bond acceptors (Lipinski definition) is 2. The van der Waals surface area contributed by atoms with Crippen molar-refractivity contribution < 1.29 is 24.0 Å². The molecule has 1 aromatic carbocycles. The van der Waals surface area contributed by atoms with Gasteiger partial charge in [-0.15, -0.1) is 0 Å². The van der Waals surface area contributed by atoms with Crippen LogP contribution in [0.25, 0.3) is 0 Å². The zero-order valence-corrected chi connectivity index (χ0v) is 19.3. The van der Waals surface area contributed by atoms with E-state index in [9.17, 15) is 0 Å². The molecule has 147 valence electrons. The Labute approximate surface area is 166 Å². The molecule has 0 amide bonds.